The average molecular weight is 452 g/mol. The molecule has 2 aromatic carbocycles. The van der Waals surface area contributed by atoms with Gasteiger partial charge in [0.1, 0.15) is 38.1 Å². The number of aromatic nitrogens is 3. The third-order valence-electron chi connectivity index (χ3n) is 4.91. The SMILES string of the molecule is CCN(CC(=O)Nc1ccc2c(c1)OCCO2)C(=O)c1ccc(-n2cncn2)c([N+](=O)[O-])c1. The monoisotopic (exact) mass is 452 g/mol. The lowest BCUT2D eigenvalue weighted by molar-refractivity contribution is -0.384. The first-order valence-electron chi connectivity index (χ1n) is 10.1. The van der Waals surface area contributed by atoms with Crippen molar-refractivity contribution in [1.29, 1.82) is 0 Å². The number of carbonyl (C=O) groups excluding carboxylic acids is 2. The standard InChI is InChI=1S/C21H20N6O6/c1-2-25(11-20(28)24-15-4-6-18-19(10-15)33-8-7-32-18)21(29)14-3-5-16(17(9-14)27(30)31)26-13-22-12-23-26/h3-6,9-10,12-13H,2,7-8,11H2,1H3,(H,24,28). The number of hydrogen-bond donors (Lipinski definition) is 1. The van der Waals surface area contributed by atoms with E-state index in [1.165, 1.54) is 40.4 Å². The summed E-state index contributed by atoms with van der Waals surface area (Å²) in [6.07, 6.45) is 2.58. The van der Waals surface area contributed by atoms with Crippen molar-refractivity contribution in [2.24, 2.45) is 0 Å². The predicted molar refractivity (Wildman–Crippen MR) is 116 cm³/mol. The van der Waals surface area contributed by atoms with Crippen molar-refractivity contribution in [1.82, 2.24) is 19.7 Å². The highest BCUT2D eigenvalue weighted by Crippen LogP contribution is 2.32. The zero-order chi connectivity index (χ0) is 23.4. The largest absolute Gasteiger partial charge is 0.486 e. The van der Waals surface area contributed by atoms with E-state index in [4.69, 9.17) is 9.47 Å². The number of fused-ring (bicyclic) bond motifs is 1. The number of benzene rings is 2. The Balaban J connectivity index is 1.48. The van der Waals surface area contributed by atoms with Crippen molar-refractivity contribution < 1.29 is 24.0 Å². The summed E-state index contributed by atoms with van der Waals surface area (Å²) in [5.41, 5.74) is 0.455. The molecule has 0 saturated heterocycles. The third-order valence-corrected chi connectivity index (χ3v) is 4.91. The van der Waals surface area contributed by atoms with Gasteiger partial charge in [-0.2, -0.15) is 5.10 Å². The Morgan fingerprint density at radius 3 is 2.67 bits per heavy atom. The maximum atomic E-state index is 13.0. The number of nitrogens with zero attached hydrogens (tertiary/aromatic N) is 5. The van der Waals surface area contributed by atoms with Crippen LogP contribution in [0, 0.1) is 10.1 Å². The van der Waals surface area contributed by atoms with Gasteiger partial charge in [-0.15, -0.1) is 0 Å². The Kier molecular flexibility index (Phi) is 6.15. The van der Waals surface area contributed by atoms with Gasteiger partial charge in [-0.05, 0) is 31.2 Å². The molecule has 0 aliphatic carbocycles. The number of amides is 2. The molecule has 1 N–H and O–H groups in total. The molecular weight excluding hydrogens is 432 g/mol. The molecular formula is C21H20N6O6. The summed E-state index contributed by atoms with van der Waals surface area (Å²) in [6.45, 7) is 2.59. The molecule has 33 heavy (non-hydrogen) atoms. The number of carbonyl (C=O) groups is 2. The number of ether oxygens (including phenoxy) is 2. The molecule has 0 saturated carbocycles. The molecule has 0 radical (unpaired) electrons. The van der Waals surface area contributed by atoms with Gasteiger partial charge in [0.25, 0.3) is 11.6 Å². The molecule has 170 valence electrons. The fourth-order valence-electron chi connectivity index (χ4n) is 3.33. The number of anilines is 1. The van der Waals surface area contributed by atoms with Crippen LogP contribution >= 0.6 is 0 Å². The predicted octanol–water partition coefficient (Wildman–Crippen LogP) is 2.05. The van der Waals surface area contributed by atoms with Gasteiger partial charge in [0.15, 0.2) is 11.5 Å². The van der Waals surface area contributed by atoms with Crippen molar-refractivity contribution in [2.45, 2.75) is 6.92 Å². The fourth-order valence-corrected chi connectivity index (χ4v) is 3.33. The molecule has 0 atom stereocenters. The van der Waals surface area contributed by atoms with Crippen molar-refractivity contribution >= 4 is 23.2 Å². The number of nitrogens with one attached hydrogen (secondary N) is 1. The molecule has 12 heteroatoms. The van der Waals surface area contributed by atoms with E-state index in [-0.39, 0.29) is 30.0 Å². The van der Waals surface area contributed by atoms with Crippen LogP contribution in [0.15, 0.2) is 49.1 Å². The van der Waals surface area contributed by atoms with Crippen LogP contribution in [0.5, 0.6) is 11.5 Å². The van der Waals surface area contributed by atoms with Crippen molar-refractivity contribution in [3.63, 3.8) is 0 Å². The molecule has 0 unspecified atom stereocenters. The van der Waals surface area contributed by atoms with E-state index in [0.29, 0.717) is 30.4 Å². The summed E-state index contributed by atoms with van der Waals surface area (Å²) in [7, 11) is 0. The summed E-state index contributed by atoms with van der Waals surface area (Å²) >= 11 is 0. The number of likely N-dealkylation sites (N-methyl/N-ethyl adjacent to an activating group) is 1. The molecule has 1 aliphatic heterocycles. The Morgan fingerprint density at radius 2 is 1.97 bits per heavy atom. The first kappa shape index (κ1) is 21.7. The summed E-state index contributed by atoms with van der Waals surface area (Å²) < 4.78 is 12.2. The van der Waals surface area contributed by atoms with Crippen molar-refractivity contribution in [3.05, 3.63) is 64.7 Å². The highest BCUT2D eigenvalue weighted by atomic mass is 16.6. The van der Waals surface area contributed by atoms with Crippen LogP contribution in [0.25, 0.3) is 5.69 Å². The summed E-state index contributed by atoms with van der Waals surface area (Å²) in [5.74, 6) is 0.196. The Hall–Kier alpha value is -4.48. The molecule has 12 nitrogen and oxygen atoms in total. The lowest BCUT2D eigenvalue weighted by Gasteiger charge is -2.21. The summed E-state index contributed by atoms with van der Waals surface area (Å²) in [4.78, 5) is 41.6. The minimum atomic E-state index is -0.599. The number of nitro benzene ring substituents is 1. The first-order chi connectivity index (χ1) is 16.0. The Labute approximate surface area is 187 Å². The minimum absolute atomic E-state index is 0.0829. The smallest absolute Gasteiger partial charge is 0.295 e. The molecule has 2 heterocycles. The highest BCUT2D eigenvalue weighted by Gasteiger charge is 2.23. The van der Waals surface area contributed by atoms with E-state index in [1.807, 2.05) is 0 Å². The van der Waals surface area contributed by atoms with Crippen LogP contribution in [-0.4, -0.2) is 62.7 Å². The average Bonchev–Trinajstić information content (AvgIpc) is 3.36. The second-order valence-electron chi connectivity index (χ2n) is 7.03. The van der Waals surface area contributed by atoms with Crippen LogP contribution in [0.3, 0.4) is 0 Å². The summed E-state index contributed by atoms with van der Waals surface area (Å²) in [5, 5.41) is 18.2. The van der Waals surface area contributed by atoms with Gasteiger partial charge in [-0.25, -0.2) is 9.67 Å². The maximum absolute atomic E-state index is 13.0. The fraction of sp³-hybridized carbons (Fsp3) is 0.238. The van der Waals surface area contributed by atoms with Crippen molar-refractivity contribution in [2.75, 3.05) is 31.6 Å². The summed E-state index contributed by atoms with van der Waals surface area (Å²) in [6, 6.07) is 9.06. The second-order valence-corrected chi connectivity index (χ2v) is 7.03. The number of hydrogen-bond acceptors (Lipinski definition) is 8. The van der Waals surface area contributed by atoms with Crippen molar-refractivity contribution in [3.8, 4) is 17.2 Å². The maximum Gasteiger partial charge on any atom is 0.295 e. The van der Waals surface area contributed by atoms with Crippen LogP contribution in [0.4, 0.5) is 11.4 Å². The minimum Gasteiger partial charge on any atom is -0.486 e. The molecule has 1 aliphatic rings. The van der Waals surface area contributed by atoms with Gasteiger partial charge < -0.3 is 19.7 Å². The first-order valence-corrected chi connectivity index (χ1v) is 10.1. The van der Waals surface area contributed by atoms with E-state index in [9.17, 15) is 19.7 Å². The van der Waals surface area contributed by atoms with Crippen LogP contribution in [0.1, 0.15) is 17.3 Å². The molecule has 2 amide bonds. The highest BCUT2D eigenvalue weighted by molar-refractivity contribution is 6.00. The van der Waals surface area contributed by atoms with Gasteiger partial charge in [0.2, 0.25) is 5.91 Å². The molecule has 1 aromatic heterocycles. The number of rotatable bonds is 7. The zero-order valence-corrected chi connectivity index (χ0v) is 17.6. The lowest BCUT2D eigenvalue weighted by atomic mass is 10.1. The normalized spacial score (nSPS) is 12.2. The van der Waals surface area contributed by atoms with E-state index < -0.39 is 16.7 Å². The molecule has 4 rings (SSSR count). The van der Waals surface area contributed by atoms with Crippen LogP contribution in [0.2, 0.25) is 0 Å². The van der Waals surface area contributed by atoms with Crippen LogP contribution < -0.4 is 14.8 Å². The Bertz CT molecular complexity index is 1200. The van der Waals surface area contributed by atoms with E-state index in [2.05, 4.69) is 15.4 Å². The third kappa shape index (κ3) is 4.74. The van der Waals surface area contributed by atoms with E-state index in [0.717, 1.165) is 0 Å². The molecule has 3 aromatic rings. The van der Waals surface area contributed by atoms with E-state index in [1.54, 1.807) is 25.1 Å². The quantitative estimate of drug-likeness (QED) is 0.424. The topological polar surface area (TPSA) is 142 Å². The molecule has 0 spiro atoms. The molecule has 0 bridgehead atoms. The number of nitro groups is 1. The van der Waals surface area contributed by atoms with E-state index >= 15 is 0 Å². The van der Waals surface area contributed by atoms with Gasteiger partial charge in [-0.3, -0.25) is 19.7 Å². The van der Waals surface area contributed by atoms with Crippen LogP contribution in [-0.2, 0) is 4.79 Å². The molecule has 0 fully saturated rings. The van der Waals surface area contributed by atoms with Gasteiger partial charge in [-0.1, -0.05) is 0 Å². The van der Waals surface area contributed by atoms with Gasteiger partial charge in [0, 0.05) is 29.9 Å². The lowest BCUT2D eigenvalue weighted by Crippen LogP contribution is -2.37. The van der Waals surface area contributed by atoms with Gasteiger partial charge >= 0.3 is 0 Å². The second kappa shape index (κ2) is 9.34. The Morgan fingerprint density at radius 1 is 1.18 bits per heavy atom. The zero-order valence-electron chi connectivity index (χ0n) is 17.6. The van der Waals surface area contributed by atoms with Gasteiger partial charge in [0.05, 0.1) is 4.92 Å².